The van der Waals surface area contributed by atoms with E-state index in [4.69, 9.17) is 0 Å². The molecule has 1 atom stereocenters. The van der Waals surface area contributed by atoms with Crippen molar-refractivity contribution >= 4 is 11.8 Å². The topological polar surface area (TPSA) is 42.7 Å². The molecule has 1 aliphatic heterocycles. The molecule has 0 bridgehead atoms. The number of thioether (sulfide) groups is 1. The molecular weight excluding hydrogens is 316 g/mol. The van der Waals surface area contributed by atoms with Gasteiger partial charge in [-0.05, 0) is 42.4 Å². The van der Waals surface area contributed by atoms with Crippen LogP contribution in [0.15, 0.2) is 59.9 Å². The lowest BCUT2D eigenvalue weighted by atomic mass is 10.0. The monoisotopic (exact) mass is 336 g/mol. The van der Waals surface area contributed by atoms with Crippen molar-refractivity contribution in [3.63, 3.8) is 0 Å². The van der Waals surface area contributed by atoms with Crippen LogP contribution in [0.5, 0.6) is 0 Å². The van der Waals surface area contributed by atoms with Crippen LogP contribution in [-0.2, 0) is 6.54 Å². The van der Waals surface area contributed by atoms with Gasteiger partial charge in [0.25, 0.3) is 0 Å². The molecule has 0 aliphatic carbocycles. The third-order valence-corrected chi connectivity index (χ3v) is 5.52. The van der Waals surface area contributed by atoms with Gasteiger partial charge in [-0.25, -0.2) is 9.97 Å². The van der Waals surface area contributed by atoms with E-state index in [2.05, 4.69) is 51.7 Å². The van der Waals surface area contributed by atoms with Gasteiger partial charge in [0.05, 0.1) is 0 Å². The highest BCUT2D eigenvalue weighted by Crippen LogP contribution is 2.35. The van der Waals surface area contributed by atoms with E-state index >= 15 is 0 Å². The predicted octanol–water partition coefficient (Wildman–Crippen LogP) is 3.90. The molecule has 0 saturated heterocycles. The van der Waals surface area contributed by atoms with Crippen molar-refractivity contribution in [2.45, 2.75) is 30.8 Å². The lowest BCUT2D eigenvalue weighted by Gasteiger charge is -2.26. The van der Waals surface area contributed by atoms with Crippen LogP contribution in [0.1, 0.15) is 29.4 Å². The van der Waals surface area contributed by atoms with Gasteiger partial charge in [-0.2, -0.15) is 0 Å². The van der Waals surface area contributed by atoms with Gasteiger partial charge in [0.2, 0.25) is 0 Å². The Morgan fingerprint density at radius 1 is 1.21 bits per heavy atom. The first kappa shape index (κ1) is 15.4. The first-order valence-corrected chi connectivity index (χ1v) is 9.20. The number of hydrogen-bond donors (Lipinski definition) is 1. The van der Waals surface area contributed by atoms with E-state index in [1.807, 2.05) is 35.6 Å². The largest absolute Gasteiger partial charge is 0.306 e. The molecule has 0 spiro atoms. The Morgan fingerprint density at radius 3 is 2.92 bits per heavy atom. The van der Waals surface area contributed by atoms with E-state index in [9.17, 15) is 0 Å². The SMILES string of the molecule is Cc1nccn1-c1ccc(CN[C@H]2CCSc3ccccc32)cn1. The summed E-state index contributed by atoms with van der Waals surface area (Å²) in [6, 6.07) is 13.3. The molecule has 3 heterocycles. The molecule has 0 saturated carbocycles. The molecule has 0 amide bonds. The van der Waals surface area contributed by atoms with Gasteiger partial charge in [-0.1, -0.05) is 24.3 Å². The molecular formula is C19H20N4S. The lowest BCUT2D eigenvalue weighted by molar-refractivity contribution is 0.509. The highest BCUT2D eigenvalue weighted by molar-refractivity contribution is 7.99. The summed E-state index contributed by atoms with van der Waals surface area (Å²) in [5.41, 5.74) is 2.62. The number of aromatic nitrogens is 3. The second kappa shape index (κ2) is 6.79. The quantitative estimate of drug-likeness (QED) is 0.784. The Labute approximate surface area is 146 Å². The van der Waals surface area contributed by atoms with E-state index in [0.717, 1.165) is 18.2 Å². The molecule has 4 rings (SSSR count). The fourth-order valence-electron chi connectivity index (χ4n) is 3.08. The average molecular weight is 336 g/mol. The number of benzene rings is 1. The summed E-state index contributed by atoms with van der Waals surface area (Å²) < 4.78 is 1.99. The van der Waals surface area contributed by atoms with Gasteiger partial charge in [-0.3, -0.25) is 4.57 Å². The summed E-state index contributed by atoms with van der Waals surface area (Å²) in [5.74, 6) is 3.03. The summed E-state index contributed by atoms with van der Waals surface area (Å²) in [6.45, 7) is 2.82. The number of nitrogens with zero attached hydrogens (tertiary/aromatic N) is 3. The molecule has 0 unspecified atom stereocenters. The number of aryl methyl sites for hydroxylation is 1. The van der Waals surface area contributed by atoms with E-state index in [0.29, 0.717) is 6.04 Å². The maximum absolute atomic E-state index is 4.57. The first-order valence-electron chi connectivity index (χ1n) is 8.21. The number of pyridine rings is 1. The van der Waals surface area contributed by atoms with Crippen molar-refractivity contribution in [2.24, 2.45) is 0 Å². The minimum Gasteiger partial charge on any atom is -0.306 e. The fraction of sp³-hybridized carbons (Fsp3) is 0.263. The molecule has 24 heavy (non-hydrogen) atoms. The molecule has 0 radical (unpaired) electrons. The zero-order valence-corrected chi connectivity index (χ0v) is 14.5. The van der Waals surface area contributed by atoms with Crippen LogP contribution in [-0.4, -0.2) is 20.3 Å². The van der Waals surface area contributed by atoms with Crippen molar-refractivity contribution < 1.29 is 0 Å². The minimum absolute atomic E-state index is 0.429. The fourth-order valence-corrected chi connectivity index (χ4v) is 4.20. The van der Waals surface area contributed by atoms with Gasteiger partial charge in [-0.15, -0.1) is 11.8 Å². The minimum atomic E-state index is 0.429. The van der Waals surface area contributed by atoms with Crippen LogP contribution >= 0.6 is 11.8 Å². The molecule has 2 aromatic heterocycles. The van der Waals surface area contributed by atoms with Crippen LogP contribution in [0.25, 0.3) is 5.82 Å². The van der Waals surface area contributed by atoms with E-state index in [1.54, 1.807) is 6.20 Å². The average Bonchev–Trinajstić information content (AvgIpc) is 3.06. The van der Waals surface area contributed by atoms with Gasteiger partial charge < -0.3 is 5.32 Å². The van der Waals surface area contributed by atoms with Crippen molar-refractivity contribution in [1.29, 1.82) is 0 Å². The first-order chi connectivity index (χ1) is 11.8. The third-order valence-electron chi connectivity index (χ3n) is 4.39. The zero-order valence-electron chi connectivity index (χ0n) is 13.6. The molecule has 1 aromatic carbocycles. The summed E-state index contributed by atoms with van der Waals surface area (Å²) >= 11 is 1.95. The number of fused-ring (bicyclic) bond motifs is 1. The number of imidazole rings is 1. The van der Waals surface area contributed by atoms with Crippen molar-refractivity contribution in [2.75, 3.05) is 5.75 Å². The number of hydrogen-bond acceptors (Lipinski definition) is 4. The summed E-state index contributed by atoms with van der Waals surface area (Å²) in [5, 5.41) is 3.69. The van der Waals surface area contributed by atoms with Crippen LogP contribution in [0.4, 0.5) is 0 Å². The normalized spacial score (nSPS) is 16.8. The Morgan fingerprint density at radius 2 is 2.12 bits per heavy atom. The molecule has 5 heteroatoms. The number of nitrogens with one attached hydrogen (secondary N) is 1. The second-order valence-corrected chi connectivity index (χ2v) is 7.11. The van der Waals surface area contributed by atoms with Gasteiger partial charge in [0, 0.05) is 36.1 Å². The van der Waals surface area contributed by atoms with Crippen LogP contribution in [0, 0.1) is 6.92 Å². The predicted molar refractivity (Wildman–Crippen MR) is 97.5 cm³/mol. The zero-order chi connectivity index (χ0) is 16.4. The second-order valence-electron chi connectivity index (χ2n) is 5.98. The highest BCUT2D eigenvalue weighted by Gasteiger charge is 2.19. The maximum atomic E-state index is 4.57. The summed E-state index contributed by atoms with van der Waals surface area (Å²) in [7, 11) is 0. The molecule has 122 valence electrons. The molecule has 1 aliphatic rings. The lowest BCUT2D eigenvalue weighted by Crippen LogP contribution is -2.24. The van der Waals surface area contributed by atoms with Crippen molar-refractivity contribution in [3.05, 3.63) is 71.9 Å². The highest BCUT2D eigenvalue weighted by atomic mass is 32.2. The van der Waals surface area contributed by atoms with Gasteiger partial charge >= 0.3 is 0 Å². The molecule has 0 fully saturated rings. The summed E-state index contributed by atoms with van der Waals surface area (Å²) in [6.07, 6.45) is 6.85. The maximum Gasteiger partial charge on any atom is 0.137 e. The Kier molecular flexibility index (Phi) is 4.36. The summed E-state index contributed by atoms with van der Waals surface area (Å²) in [4.78, 5) is 10.2. The van der Waals surface area contributed by atoms with Crippen molar-refractivity contribution in [3.8, 4) is 5.82 Å². The van der Waals surface area contributed by atoms with E-state index < -0.39 is 0 Å². The number of rotatable bonds is 4. The Hall–Kier alpha value is -2.11. The Bertz CT molecular complexity index is 825. The molecule has 4 nitrogen and oxygen atoms in total. The van der Waals surface area contributed by atoms with Gasteiger partial charge in [0.1, 0.15) is 11.6 Å². The van der Waals surface area contributed by atoms with E-state index in [-0.39, 0.29) is 0 Å². The standard InChI is InChI=1S/C19H20N4S/c1-14-20-9-10-23(14)19-7-6-15(13-22-19)12-21-17-8-11-24-18-5-3-2-4-16(17)18/h2-7,9-10,13,17,21H,8,11-12H2,1H3/t17-/m0/s1. The smallest absolute Gasteiger partial charge is 0.137 e. The van der Waals surface area contributed by atoms with Crippen molar-refractivity contribution in [1.82, 2.24) is 19.9 Å². The van der Waals surface area contributed by atoms with Crippen LogP contribution < -0.4 is 5.32 Å². The van der Waals surface area contributed by atoms with Gasteiger partial charge in [0.15, 0.2) is 0 Å². The van der Waals surface area contributed by atoms with Crippen LogP contribution in [0.2, 0.25) is 0 Å². The van der Waals surface area contributed by atoms with E-state index in [1.165, 1.54) is 28.2 Å². The molecule has 1 N–H and O–H groups in total. The molecule has 3 aromatic rings. The van der Waals surface area contributed by atoms with Crippen LogP contribution in [0.3, 0.4) is 0 Å². The Balaban J connectivity index is 1.45. The third kappa shape index (κ3) is 3.09.